The monoisotopic (exact) mass is 1190 g/mol. The van der Waals surface area contributed by atoms with Crippen molar-refractivity contribution in [3.05, 3.63) is 102 Å². The molecule has 6 rings (SSSR count). The molecule has 0 fully saturated rings. The molecule has 30 nitrogen and oxygen atoms in total. The van der Waals surface area contributed by atoms with Gasteiger partial charge < -0.3 is 90.8 Å². The van der Waals surface area contributed by atoms with E-state index in [1.165, 1.54) is 59.5 Å². The fourth-order valence-corrected chi connectivity index (χ4v) is 8.89. The van der Waals surface area contributed by atoms with E-state index in [0.717, 1.165) is 39.0 Å². The number of nitrogens with zero attached hydrogens (tertiary/aromatic N) is 9. The van der Waals surface area contributed by atoms with Gasteiger partial charge >= 0.3 is 0 Å². The SMILES string of the molecule is CCNCCCN(C)CCCNC(=O)CCNC(=O)c1cc(NC(=O)c2cc(NC(=O)CCNC(=O)c3cc(NC(=O)CCCNC(=O)c4cc(NC(=O)CCNC(=O)c5nc(NC(=O)c6nccn6C)cn5C)cn4C)cn3C)cn2C)cn1C. The topological polar surface area (TPSA) is 362 Å². The van der Waals surface area contributed by atoms with E-state index in [0.29, 0.717) is 29.3 Å². The second kappa shape index (κ2) is 31.7. The van der Waals surface area contributed by atoms with Crippen LogP contribution < -0.4 is 58.5 Å². The molecule has 0 saturated carbocycles. The maximum absolute atomic E-state index is 13.3. The van der Waals surface area contributed by atoms with Crippen LogP contribution in [0.4, 0.5) is 28.6 Å². The van der Waals surface area contributed by atoms with E-state index < -0.39 is 47.3 Å². The van der Waals surface area contributed by atoms with Crippen LogP contribution in [-0.2, 0) is 61.5 Å². The first-order valence-corrected chi connectivity index (χ1v) is 28.1. The molecule has 0 radical (unpaired) electrons. The van der Waals surface area contributed by atoms with Crippen LogP contribution in [0.2, 0.25) is 0 Å². The first-order valence-electron chi connectivity index (χ1n) is 28.1. The Morgan fingerprint density at radius 3 is 1.34 bits per heavy atom. The lowest BCUT2D eigenvalue weighted by Gasteiger charge is -2.16. The van der Waals surface area contributed by atoms with Crippen LogP contribution >= 0.6 is 0 Å². The van der Waals surface area contributed by atoms with E-state index in [4.69, 9.17) is 0 Å². The maximum atomic E-state index is 13.3. The van der Waals surface area contributed by atoms with Gasteiger partial charge in [0.2, 0.25) is 29.5 Å². The van der Waals surface area contributed by atoms with Crippen LogP contribution in [0, 0.1) is 0 Å². The number of hydrogen-bond donors (Lipinski definition) is 11. The number of aromatic nitrogens is 8. The molecule has 6 heterocycles. The van der Waals surface area contributed by atoms with Crippen LogP contribution in [0.5, 0.6) is 0 Å². The number of rotatable bonds is 33. The van der Waals surface area contributed by atoms with Crippen LogP contribution in [-0.4, -0.2) is 167 Å². The molecule has 6 aromatic heterocycles. The summed E-state index contributed by atoms with van der Waals surface area (Å²) in [7, 11) is 11.9. The predicted molar refractivity (Wildman–Crippen MR) is 321 cm³/mol. The number of amides is 10. The Labute approximate surface area is 497 Å². The Balaban J connectivity index is 0.829. The maximum Gasteiger partial charge on any atom is 0.292 e. The first kappa shape index (κ1) is 65.3. The average molecular weight is 1190 g/mol. The summed E-state index contributed by atoms with van der Waals surface area (Å²) in [4.78, 5) is 139. The second-order valence-corrected chi connectivity index (χ2v) is 20.5. The van der Waals surface area contributed by atoms with Crippen molar-refractivity contribution in [2.75, 3.05) is 92.5 Å². The smallest absolute Gasteiger partial charge is 0.292 e. The fraction of sp³-hybridized carbons (Fsp3) is 0.429. The van der Waals surface area contributed by atoms with Gasteiger partial charge in [-0.1, -0.05) is 6.92 Å². The summed E-state index contributed by atoms with van der Waals surface area (Å²) in [6.45, 7) is 6.65. The zero-order chi connectivity index (χ0) is 62.5. The van der Waals surface area contributed by atoms with Gasteiger partial charge in [0, 0.05) is 144 Å². The molecule has 0 bridgehead atoms. The third-order valence-corrected chi connectivity index (χ3v) is 13.4. The molecule has 86 heavy (non-hydrogen) atoms. The van der Waals surface area contributed by atoms with Crippen LogP contribution in [0.25, 0.3) is 0 Å². The molecule has 0 aliphatic rings. The molecule has 0 aliphatic heterocycles. The number of aryl methyl sites for hydroxylation is 6. The summed E-state index contributed by atoms with van der Waals surface area (Å²) in [6.07, 6.45) is 13.0. The number of anilines is 5. The zero-order valence-corrected chi connectivity index (χ0v) is 49.8. The molecule has 0 aromatic carbocycles. The van der Waals surface area contributed by atoms with Gasteiger partial charge in [-0.2, -0.15) is 0 Å². The van der Waals surface area contributed by atoms with Gasteiger partial charge in [-0.15, -0.1) is 0 Å². The Hall–Kier alpha value is -9.84. The van der Waals surface area contributed by atoms with Crippen molar-refractivity contribution >= 4 is 87.6 Å². The molecule has 0 saturated heterocycles. The van der Waals surface area contributed by atoms with Gasteiger partial charge in [-0.3, -0.25) is 47.9 Å². The lowest BCUT2D eigenvalue weighted by molar-refractivity contribution is -0.121. The molecular formula is C56H78N20O10. The Bertz CT molecular complexity index is 3390. The molecule has 0 aliphatic carbocycles. The molecule has 0 atom stereocenters. The fourth-order valence-electron chi connectivity index (χ4n) is 8.89. The van der Waals surface area contributed by atoms with E-state index in [2.05, 4.69) is 87.3 Å². The third kappa shape index (κ3) is 19.6. The molecule has 0 unspecified atom stereocenters. The van der Waals surface area contributed by atoms with Crippen molar-refractivity contribution in [3.8, 4) is 0 Å². The third-order valence-electron chi connectivity index (χ3n) is 13.4. The Morgan fingerprint density at radius 2 is 0.849 bits per heavy atom. The minimum Gasteiger partial charge on any atom is -0.356 e. The minimum atomic E-state index is -0.561. The van der Waals surface area contributed by atoms with Crippen molar-refractivity contribution in [1.29, 1.82) is 0 Å². The van der Waals surface area contributed by atoms with Crippen LogP contribution in [0.15, 0.2) is 67.6 Å². The van der Waals surface area contributed by atoms with Gasteiger partial charge in [0.05, 0.1) is 22.7 Å². The Kier molecular flexibility index (Phi) is 24.1. The molecule has 0 spiro atoms. The summed E-state index contributed by atoms with van der Waals surface area (Å²) < 4.78 is 9.13. The van der Waals surface area contributed by atoms with E-state index >= 15 is 0 Å². The number of carbonyl (C=O) groups is 10. The number of imidazole rings is 2. The number of hydrogen-bond acceptors (Lipinski definition) is 14. The normalized spacial score (nSPS) is 11.0. The van der Waals surface area contributed by atoms with Crippen molar-refractivity contribution in [2.24, 2.45) is 42.3 Å². The van der Waals surface area contributed by atoms with Gasteiger partial charge in [0.15, 0.2) is 11.6 Å². The van der Waals surface area contributed by atoms with Crippen molar-refractivity contribution in [1.82, 2.24) is 74.2 Å². The van der Waals surface area contributed by atoms with Crippen molar-refractivity contribution in [3.63, 3.8) is 0 Å². The van der Waals surface area contributed by atoms with E-state index in [1.54, 1.807) is 77.8 Å². The highest BCUT2D eigenvalue weighted by Gasteiger charge is 2.21. The summed E-state index contributed by atoms with van der Waals surface area (Å²) >= 11 is 0. The quantitative estimate of drug-likeness (QED) is 0.0259. The van der Waals surface area contributed by atoms with Crippen LogP contribution in [0.1, 0.15) is 115 Å². The highest BCUT2D eigenvalue weighted by Crippen LogP contribution is 2.19. The average Bonchev–Trinajstić information content (AvgIpc) is 3.25. The molecule has 11 N–H and O–H groups in total. The highest BCUT2D eigenvalue weighted by atomic mass is 16.2. The number of carbonyl (C=O) groups excluding carboxylic acids is 10. The van der Waals surface area contributed by atoms with Crippen LogP contribution in [0.3, 0.4) is 0 Å². The van der Waals surface area contributed by atoms with E-state index in [-0.39, 0.29) is 110 Å². The van der Waals surface area contributed by atoms with Gasteiger partial charge in [-0.05, 0) is 76.8 Å². The van der Waals surface area contributed by atoms with Crippen molar-refractivity contribution in [2.45, 2.75) is 51.9 Å². The first-order chi connectivity index (χ1) is 41.1. The predicted octanol–water partition coefficient (Wildman–Crippen LogP) is 1.24. The highest BCUT2D eigenvalue weighted by molar-refractivity contribution is 6.06. The van der Waals surface area contributed by atoms with Crippen molar-refractivity contribution < 1.29 is 47.9 Å². The largest absolute Gasteiger partial charge is 0.356 e. The summed E-state index contributed by atoms with van der Waals surface area (Å²) in [5.74, 6) is -3.92. The zero-order valence-electron chi connectivity index (χ0n) is 49.8. The molecule has 30 heteroatoms. The summed E-state index contributed by atoms with van der Waals surface area (Å²) in [6, 6.07) is 6.00. The lowest BCUT2D eigenvalue weighted by atomic mass is 10.2. The lowest BCUT2D eigenvalue weighted by Crippen LogP contribution is -2.33. The van der Waals surface area contributed by atoms with Gasteiger partial charge in [0.25, 0.3) is 35.4 Å². The Morgan fingerprint density at radius 1 is 0.419 bits per heavy atom. The van der Waals surface area contributed by atoms with E-state index in [1.807, 2.05) is 0 Å². The van der Waals surface area contributed by atoms with Gasteiger partial charge in [0.1, 0.15) is 22.8 Å². The van der Waals surface area contributed by atoms with E-state index in [9.17, 15) is 47.9 Å². The second-order valence-electron chi connectivity index (χ2n) is 20.5. The summed E-state index contributed by atoms with van der Waals surface area (Å²) in [5.41, 5.74) is 2.39. The summed E-state index contributed by atoms with van der Waals surface area (Å²) in [5, 5.41) is 30.6. The van der Waals surface area contributed by atoms with Gasteiger partial charge in [-0.25, -0.2) is 9.97 Å². The molecular weight excluding hydrogens is 1110 g/mol. The molecule has 462 valence electrons. The molecule has 10 amide bonds. The number of nitrogens with one attached hydrogen (secondary N) is 11. The minimum absolute atomic E-state index is 0.0137. The standard InChI is InChI=1S/C56H78N20O10/c1-9-57-17-11-24-70(2)25-12-19-58-45(77)14-20-61-53(83)42-30-39(34-74(42)6)67-54(84)43-29-38(33-75(43)7)66-47(79)15-21-62-52(82)41-27-36(31-73(41)5)64-46(78)13-10-18-60-51(81)40-28-37(32-72(40)4)65-48(80)16-22-63-55(85)50-68-44(35-76(50)8)69-56(86)49-59-23-26-71(49)3/h23,26-35,57H,9-22,24-25H2,1-8H3,(H,58,77)(H,60,81)(H,61,83)(H,62,82)(H,63,85)(H,64,78)(H,65,80)(H,66,79)(H,67,84)(H,69,86). The molecule has 6 aromatic rings.